The summed E-state index contributed by atoms with van der Waals surface area (Å²) in [5, 5.41) is 0. The van der Waals surface area contributed by atoms with Gasteiger partial charge < -0.3 is 4.74 Å². The van der Waals surface area contributed by atoms with E-state index in [0.717, 1.165) is 19.6 Å². The van der Waals surface area contributed by atoms with Crippen LogP contribution in [0.2, 0.25) is 0 Å². The van der Waals surface area contributed by atoms with Crippen LogP contribution in [0, 0.1) is 3.57 Å². The molecule has 2 fully saturated rings. The number of nitrogens with one attached hydrogen (secondary N) is 1. The first-order chi connectivity index (χ1) is 9.76. The van der Waals surface area contributed by atoms with E-state index in [2.05, 4.69) is 57.2 Å². The monoisotopic (exact) mass is 387 g/mol. The third kappa shape index (κ3) is 3.33. The molecule has 3 unspecified atom stereocenters. The molecular weight excluding hydrogens is 365 g/mol. The van der Waals surface area contributed by atoms with Gasteiger partial charge in [-0.05, 0) is 66.1 Å². The third-order valence-electron chi connectivity index (χ3n) is 4.45. The highest BCUT2D eigenvalue weighted by molar-refractivity contribution is 14.1. The Labute approximate surface area is 134 Å². The smallest absolute Gasteiger partial charge is 0.0872 e. The van der Waals surface area contributed by atoms with Crippen LogP contribution in [-0.4, -0.2) is 42.8 Å². The van der Waals surface area contributed by atoms with Crippen molar-refractivity contribution in [3.05, 3.63) is 33.4 Å². The van der Waals surface area contributed by atoms with Crippen molar-refractivity contribution < 1.29 is 4.74 Å². The molecule has 1 aromatic rings. The summed E-state index contributed by atoms with van der Waals surface area (Å²) >= 11 is 2.33. The molecule has 3 rings (SSSR count). The molecule has 4 nitrogen and oxygen atoms in total. The molecular formula is C15H22IN3O. The topological polar surface area (TPSA) is 50.5 Å². The number of morpholine rings is 1. The maximum atomic E-state index is 6.06. The van der Waals surface area contributed by atoms with Crippen LogP contribution < -0.4 is 11.3 Å². The zero-order valence-electron chi connectivity index (χ0n) is 11.6. The largest absolute Gasteiger partial charge is 0.374 e. The Kier molecular flexibility index (Phi) is 4.93. The predicted molar refractivity (Wildman–Crippen MR) is 88.3 cm³/mol. The van der Waals surface area contributed by atoms with Crippen molar-refractivity contribution in [2.75, 3.05) is 19.7 Å². The fourth-order valence-electron chi connectivity index (χ4n) is 3.26. The number of hydrogen-bond acceptors (Lipinski definition) is 4. The van der Waals surface area contributed by atoms with Gasteiger partial charge in [0.05, 0.1) is 18.8 Å². The van der Waals surface area contributed by atoms with Gasteiger partial charge in [-0.25, -0.2) is 0 Å². The van der Waals surface area contributed by atoms with E-state index in [1.165, 1.54) is 28.5 Å². The first-order valence-electron chi connectivity index (χ1n) is 7.32. The van der Waals surface area contributed by atoms with Crippen LogP contribution in [0.5, 0.6) is 0 Å². The lowest BCUT2D eigenvalue weighted by Gasteiger charge is -2.38. The van der Waals surface area contributed by atoms with Crippen LogP contribution in [0.1, 0.15) is 18.4 Å². The summed E-state index contributed by atoms with van der Waals surface area (Å²) in [6, 6.07) is 9.45. The van der Waals surface area contributed by atoms with Crippen LogP contribution in [0.3, 0.4) is 0 Å². The van der Waals surface area contributed by atoms with E-state index < -0.39 is 0 Å². The van der Waals surface area contributed by atoms with Crippen molar-refractivity contribution >= 4 is 22.6 Å². The minimum absolute atomic E-state index is 0.177. The number of halogens is 1. The summed E-state index contributed by atoms with van der Waals surface area (Å²) in [4.78, 5) is 2.56. The minimum atomic E-state index is 0.177. The molecule has 2 heterocycles. The van der Waals surface area contributed by atoms with Crippen LogP contribution in [0.25, 0.3) is 0 Å². The van der Waals surface area contributed by atoms with Crippen LogP contribution >= 0.6 is 22.6 Å². The molecule has 0 bridgehead atoms. The van der Waals surface area contributed by atoms with Gasteiger partial charge in [0.2, 0.25) is 0 Å². The fourth-order valence-corrected chi connectivity index (χ4v) is 3.62. The predicted octanol–water partition coefficient (Wildman–Crippen LogP) is 1.53. The van der Waals surface area contributed by atoms with Gasteiger partial charge in [-0.3, -0.25) is 16.2 Å². The number of rotatable bonds is 4. The molecule has 0 radical (unpaired) electrons. The van der Waals surface area contributed by atoms with Gasteiger partial charge >= 0.3 is 0 Å². The van der Waals surface area contributed by atoms with Gasteiger partial charge in [-0.15, -0.1) is 0 Å². The van der Waals surface area contributed by atoms with E-state index in [1.54, 1.807) is 0 Å². The molecule has 1 aromatic carbocycles. The van der Waals surface area contributed by atoms with Crippen LogP contribution in [0.4, 0.5) is 0 Å². The Bertz CT molecular complexity index is 439. The number of benzene rings is 1. The van der Waals surface area contributed by atoms with Crippen molar-refractivity contribution in [3.8, 4) is 0 Å². The summed E-state index contributed by atoms with van der Waals surface area (Å²) < 4.78 is 7.32. The molecule has 2 aliphatic heterocycles. The molecule has 20 heavy (non-hydrogen) atoms. The van der Waals surface area contributed by atoms with Crippen LogP contribution in [0.15, 0.2) is 24.3 Å². The summed E-state index contributed by atoms with van der Waals surface area (Å²) in [7, 11) is 0. The first kappa shape index (κ1) is 14.7. The van der Waals surface area contributed by atoms with Crippen molar-refractivity contribution in [2.24, 2.45) is 5.84 Å². The van der Waals surface area contributed by atoms with Crippen molar-refractivity contribution in [1.29, 1.82) is 0 Å². The summed E-state index contributed by atoms with van der Waals surface area (Å²) in [6.45, 7) is 3.07. The Balaban J connectivity index is 1.62. The highest BCUT2D eigenvalue weighted by Gasteiger charge is 2.35. The molecule has 0 saturated carbocycles. The van der Waals surface area contributed by atoms with Gasteiger partial charge in [0.25, 0.3) is 0 Å². The number of nitrogens with two attached hydrogens (primary N) is 1. The molecule has 2 aliphatic rings. The van der Waals surface area contributed by atoms with Crippen molar-refractivity contribution in [1.82, 2.24) is 10.3 Å². The maximum Gasteiger partial charge on any atom is 0.0872 e. The standard InChI is InChI=1S/C15H22IN3O/c16-12-5-3-11(4-6-12)8-14(18-17)15-9-19-7-1-2-13(19)10-20-15/h3-6,13-15,18H,1-2,7-10,17H2. The van der Waals surface area contributed by atoms with E-state index in [1.807, 2.05) is 0 Å². The molecule has 0 aliphatic carbocycles. The molecule has 2 saturated heterocycles. The van der Waals surface area contributed by atoms with E-state index in [9.17, 15) is 0 Å². The quantitative estimate of drug-likeness (QED) is 0.468. The van der Waals surface area contributed by atoms with Crippen molar-refractivity contribution in [2.45, 2.75) is 37.5 Å². The average molecular weight is 387 g/mol. The average Bonchev–Trinajstić information content (AvgIpc) is 2.94. The molecule has 3 N–H and O–H groups in total. The third-order valence-corrected chi connectivity index (χ3v) is 5.17. The normalized spacial score (nSPS) is 28.3. The zero-order valence-corrected chi connectivity index (χ0v) is 13.8. The lowest BCUT2D eigenvalue weighted by molar-refractivity contribution is -0.0644. The lowest BCUT2D eigenvalue weighted by Crippen LogP contribution is -2.56. The molecule has 110 valence electrons. The SMILES string of the molecule is NNC(Cc1ccc(I)cc1)C1CN2CCCC2CO1. The van der Waals surface area contributed by atoms with Gasteiger partial charge in [0.15, 0.2) is 0 Å². The fraction of sp³-hybridized carbons (Fsp3) is 0.600. The summed E-state index contributed by atoms with van der Waals surface area (Å²) in [5.41, 5.74) is 4.27. The van der Waals surface area contributed by atoms with Crippen molar-refractivity contribution in [3.63, 3.8) is 0 Å². The highest BCUT2D eigenvalue weighted by atomic mass is 127. The Morgan fingerprint density at radius 3 is 2.95 bits per heavy atom. The number of hydrogen-bond donors (Lipinski definition) is 2. The van der Waals surface area contributed by atoms with Gasteiger partial charge in [0, 0.05) is 16.2 Å². The number of fused-ring (bicyclic) bond motifs is 1. The molecule has 0 amide bonds. The van der Waals surface area contributed by atoms with E-state index >= 15 is 0 Å². The zero-order chi connectivity index (χ0) is 13.9. The Morgan fingerprint density at radius 2 is 2.20 bits per heavy atom. The molecule has 5 heteroatoms. The van der Waals surface area contributed by atoms with E-state index in [4.69, 9.17) is 10.6 Å². The maximum absolute atomic E-state index is 6.06. The number of nitrogens with zero attached hydrogens (tertiary/aromatic N) is 1. The van der Waals surface area contributed by atoms with Gasteiger partial charge in [-0.2, -0.15) is 0 Å². The van der Waals surface area contributed by atoms with Crippen LogP contribution in [-0.2, 0) is 11.2 Å². The Morgan fingerprint density at radius 1 is 1.40 bits per heavy atom. The number of hydrazine groups is 1. The van der Waals surface area contributed by atoms with Gasteiger partial charge in [0.1, 0.15) is 0 Å². The summed E-state index contributed by atoms with van der Waals surface area (Å²) in [6.07, 6.45) is 3.69. The summed E-state index contributed by atoms with van der Waals surface area (Å²) in [5.74, 6) is 5.77. The number of ether oxygens (including phenoxy) is 1. The second-order valence-corrected chi connectivity index (χ2v) is 7.01. The molecule has 3 atom stereocenters. The Hall–Kier alpha value is -0.210. The second-order valence-electron chi connectivity index (χ2n) is 5.77. The van der Waals surface area contributed by atoms with E-state index in [0.29, 0.717) is 6.04 Å². The lowest BCUT2D eigenvalue weighted by atomic mass is 10.00. The molecule has 0 aromatic heterocycles. The van der Waals surface area contributed by atoms with E-state index in [-0.39, 0.29) is 12.1 Å². The second kappa shape index (κ2) is 6.70. The molecule has 0 spiro atoms. The van der Waals surface area contributed by atoms with Gasteiger partial charge in [-0.1, -0.05) is 12.1 Å². The highest BCUT2D eigenvalue weighted by Crippen LogP contribution is 2.24. The minimum Gasteiger partial charge on any atom is -0.374 e. The first-order valence-corrected chi connectivity index (χ1v) is 8.40.